The number of hydrogen-bond donors (Lipinski definition) is 1. The van der Waals surface area contributed by atoms with Gasteiger partial charge in [-0.25, -0.2) is 0 Å². The van der Waals surface area contributed by atoms with Gasteiger partial charge in [-0.3, -0.25) is 0 Å². The molecule has 0 aliphatic heterocycles. The molecule has 0 aliphatic carbocycles. The van der Waals surface area contributed by atoms with Crippen LogP contribution in [0.4, 0.5) is 0 Å². The zero-order chi connectivity index (χ0) is 13.0. The zero-order valence-electron chi connectivity index (χ0n) is 11.1. The van der Waals surface area contributed by atoms with E-state index in [0.29, 0.717) is 0 Å². The Kier molecular flexibility index (Phi) is 4.34. The van der Waals surface area contributed by atoms with E-state index in [0.717, 1.165) is 12.8 Å². The van der Waals surface area contributed by atoms with E-state index in [1.54, 1.807) is 7.11 Å². The highest BCUT2D eigenvalue weighted by Gasteiger charge is 2.19. The lowest BCUT2D eigenvalue weighted by atomic mass is 9.94. The summed E-state index contributed by atoms with van der Waals surface area (Å²) >= 11 is 0. The van der Waals surface area contributed by atoms with Crippen LogP contribution < -0.4 is 5.73 Å². The van der Waals surface area contributed by atoms with Gasteiger partial charge in [0.15, 0.2) is 0 Å². The number of fused-ring (bicyclic) bond motifs is 1. The fourth-order valence-corrected chi connectivity index (χ4v) is 2.47. The van der Waals surface area contributed by atoms with Gasteiger partial charge in [0.2, 0.25) is 0 Å². The lowest BCUT2D eigenvalue weighted by Gasteiger charge is -2.23. The smallest absolute Gasteiger partial charge is 0.0763 e. The number of methoxy groups -OCH3 is 1. The number of rotatable bonds is 5. The van der Waals surface area contributed by atoms with Crippen LogP contribution in [0.3, 0.4) is 0 Å². The molecule has 2 rings (SSSR count). The molecule has 0 radical (unpaired) electrons. The lowest BCUT2D eigenvalue weighted by Crippen LogP contribution is -2.28. The maximum atomic E-state index is 6.38. The summed E-state index contributed by atoms with van der Waals surface area (Å²) in [5.41, 5.74) is 7.55. The topological polar surface area (TPSA) is 35.2 Å². The quantitative estimate of drug-likeness (QED) is 0.870. The molecular formula is C16H21NO. The van der Waals surface area contributed by atoms with Crippen molar-refractivity contribution in [2.75, 3.05) is 7.11 Å². The molecule has 0 saturated carbocycles. The fraction of sp³-hybridized carbons (Fsp3) is 0.375. The Bertz CT molecular complexity index is 504. The van der Waals surface area contributed by atoms with E-state index in [4.69, 9.17) is 10.5 Å². The van der Waals surface area contributed by atoms with Gasteiger partial charge in [-0.05, 0) is 22.8 Å². The monoisotopic (exact) mass is 243 g/mol. The van der Waals surface area contributed by atoms with E-state index < -0.39 is 0 Å². The second-order valence-corrected chi connectivity index (χ2v) is 4.66. The molecule has 2 atom stereocenters. The molecular weight excluding hydrogens is 222 g/mol. The second-order valence-electron chi connectivity index (χ2n) is 4.66. The van der Waals surface area contributed by atoms with Crippen LogP contribution in [0.2, 0.25) is 0 Å². The average molecular weight is 243 g/mol. The van der Waals surface area contributed by atoms with E-state index >= 15 is 0 Å². The van der Waals surface area contributed by atoms with Gasteiger partial charge in [0.25, 0.3) is 0 Å². The third kappa shape index (κ3) is 2.55. The minimum absolute atomic E-state index is 0.0685. The van der Waals surface area contributed by atoms with Gasteiger partial charge in [-0.2, -0.15) is 0 Å². The van der Waals surface area contributed by atoms with Crippen LogP contribution in [0.25, 0.3) is 10.8 Å². The first kappa shape index (κ1) is 13.1. The standard InChI is InChI=1S/C16H21NO/c1-3-7-15(18-2)16(17)14-11-6-9-12-8-4-5-10-13(12)14/h4-6,8-11,15-16H,3,7,17H2,1-2H3. The van der Waals surface area contributed by atoms with Gasteiger partial charge < -0.3 is 10.5 Å². The lowest BCUT2D eigenvalue weighted by molar-refractivity contribution is 0.0729. The van der Waals surface area contributed by atoms with E-state index in [2.05, 4.69) is 49.4 Å². The zero-order valence-corrected chi connectivity index (χ0v) is 11.1. The van der Waals surface area contributed by atoms with E-state index in [1.807, 2.05) is 0 Å². The Labute approximate surface area is 109 Å². The molecule has 0 amide bonds. The van der Waals surface area contributed by atoms with Crippen molar-refractivity contribution in [3.8, 4) is 0 Å². The molecule has 0 aromatic heterocycles. The van der Waals surface area contributed by atoms with Crippen LogP contribution in [0.15, 0.2) is 42.5 Å². The van der Waals surface area contributed by atoms with Crippen LogP contribution in [-0.2, 0) is 4.74 Å². The van der Waals surface area contributed by atoms with Crippen LogP contribution >= 0.6 is 0 Å². The molecule has 0 saturated heterocycles. The first-order valence-corrected chi connectivity index (χ1v) is 6.54. The third-order valence-electron chi connectivity index (χ3n) is 3.46. The summed E-state index contributed by atoms with van der Waals surface area (Å²) in [5.74, 6) is 0. The maximum Gasteiger partial charge on any atom is 0.0763 e. The van der Waals surface area contributed by atoms with Crippen molar-refractivity contribution in [2.24, 2.45) is 5.73 Å². The van der Waals surface area contributed by atoms with Gasteiger partial charge in [-0.1, -0.05) is 55.8 Å². The molecule has 2 unspecified atom stereocenters. The van der Waals surface area contributed by atoms with Gasteiger partial charge in [-0.15, -0.1) is 0 Å². The van der Waals surface area contributed by atoms with Crippen LogP contribution in [0.5, 0.6) is 0 Å². The summed E-state index contributed by atoms with van der Waals surface area (Å²) in [6, 6.07) is 14.6. The average Bonchev–Trinajstić information content (AvgIpc) is 2.43. The van der Waals surface area contributed by atoms with Gasteiger partial charge >= 0.3 is 0 Å². The summed E-state index contributed by atoms with van der Waals surface area (Å²) in [7, 11) is 1.74. The van der Waals surface area contributed by atoms with Gasteiger partial charge in [0.1, 0.15) is 0 Å². The molecule has 2 aromatic carbocycles. The normalized spacial score (nSPS) is 14.6. The Morgan fingerprint density at radius 2 is 1.83 bits per heavy atom. The maximum absolute atomic E-state index is 6.38. The Balaban J connectivity index is 2.40. The van der Waals surface area contributed by atoms with Crippen molar-refractivity contribution >= 4 is 10.8 Å². The van der Waals surface area contributed by atoms with Crippen molar-refractivity contribution in [3.63, 3.8) is 0 Å². The molecule has 2 aromatic rings. The van der Waals surface area contributed by atoms with Crippen LogP contribution in [-0.4, -0.2) is 13.2 Å². The van der Waals surface area contributed by atoms with E-state index in [-0.39, 0.29) is 12.1 Å². The van der Waals surface area contributed by atoms with E-state index in [9.17, 15) is 0 Å². The van der Waals surface area contributed by atoms with Crippen molar-refractivity contribution in [1.82, 2.24) is 0 Å². The molecule has 18 heavy (non-hydrogen) atoms. The molecule has 0 spiro atoms. The number of ether oxygens (including phenoxy) is 1. The summed E-state index contributed by atoms with van der Waals surface area (Å²) in [4.78, 5) is 0. The molecule has 96 valence electrons. The summed E-state index contributed by atoms with van der Waals surface area (Å²) in [5, 5.41) is 2.46. The summed E-state index contributed by atoms with van der Waals surface area (Å²) < 4.78 is 5.53. The summed E-state index contributed by atoms with van der Waals surface area (Å²) in [6.45, 7) is 2.15. The molecule has 0 aliphatic rings. The molecule has 0 bridgehead atoms. The minimum Gasteiger partial charge on any atom is -0.379 e. The molecule has 2 heteroatoms. The minimum atomic E-state index is -0.0685. The predicted octanol–water partition coefficient (Wildman–Crippen LogP) is 3.65. The highest BCUT2D eigenvalue weighted by Crippen LogP contribution is 2.27. The first-order chi connectivity index (χ1) is 8.77. The number of nitrogens with two attached hydrogens (primary N) is 1. The second kappa shape index (κ2) is 5.98. The van der Waals surface area contributed by atoms with Crippen molar-refractivity contribution in [2.45, 2.75) is 31.9 Å². The Morgan fingerprint density at radius 1 is 1.11 bits per heavy atom. The van der Waals surface area contributed by atoms with Gasteiger partial charge in [0, 0.05) is 7.11 Å². The Hall–Kier alpha value is -1.38. The molecule has 0 heterocycles. The van der Waals surface area contributed by atoms with Crippen LogP contribution in [0.1, 0.15) is 31.4 Å². The SMILES string of the molecule is CCCC(OC)C(N)c1cccc2ccccc12. The molecule has 2 N–H and O–H groups in total. The fourth-order valence-electron chi connectivity index (χ4n) is 2.47. The largest absolute Gasteiger partial charge is 0.379 e. The number of hydrogen-bond acceptors (Lipinski definition) is 2. The highest BCUT2D eigenvalue weighted by molar-refractivity contribution is 5.86. The van der Waals surface area contributed by atoms with Gasteiger partial charge in [0.05, 0.1) is 12.1 Å². The third-order valence-corrected chi connectivity index (χ3v) is 3.46. The Morgan fingerprint density at radius 3 is 2.56 bits per heavy atom. The first-order valence-electron chi connectivity index (χ1n) is 6.54. The van der Waals surface area contributed by atoms with Crippen molar-refractivity contribution in [3.05, 3.63) is 48.0 Å². The highest BCUT2D eigenvalue weighted by atomic mass is 16.5. The van der Waals surface area contributed by atoms with E-state index in [1.165, 1.54) is 16.3 Å². The number of benzene rings is 2. The molecule has 0 fully saturated rings. The molecule has 2 nitrogen and oxygen atoms in total. The summed E-state index contributed by atoms with van der Waals surface area (Å²) in [6.07, 6.45) is 2.15. The van der Waals surface area contributed by atoms with Crippen molar-refractivity contribution in [1.29, 1.82) is 0 Å². The predicted molar refractivity (Wildman–Crippen MR) is 76.6 cm³/mol. The van der Waals surface area contributed by atoms with Crippen LogP contribution in [0, 0.1) is 0 Å². The van der Waals surface area contributed by atoms with Crippen molar-refractivity contribution < 1.29 is 4.74 Å².